The lowest BCUT2D eigenvalue weighted by Gasteiger charge is -2.38. The number of aliphatic hydroxyl groups is 1. The van der Waals surface area contributed by atoms with Crippen molar-refractivity contribution in [1.29, 1.82) is 5.41 Å². The van der Waals surface area contributed by atoms with Gasteiger partial charge in [0.25, 0.3) is 11.8 Å². The molecule has 1 fully saturated rings. The van der Waals surface area contributed by atoms with Crippen LogP contribution in [0.15, 0.2) is 54.6 Å². The summed E-state index contributed by atoms with van der Waals surface area (Å²) in [7, 11) is 0. The number of H-pyrrole nitrogens is 1. The van der Waals surface area contributed by atoms with Gasteiger partial charge in [0.1, 0.15) is 23.7 Å². The first-order chi connectivity index (χ1) is 13.9. The minimum absolute atomic E-state index is 0.0592. The molecule has 3 aromatic rings. The van der Waals surface area contributed by atoms with Crippen LogP contribution in [-0.4, -0.2) is 51.3 Å². The van der Waals surface area contributed by atoms with Gasteiger partial charge in [-0.15, -0.1) is 0 Å². The number of nitrogens with one attached hydrogen (secondary N) is 3. The number of aromatic amines is 1. The molecule has 2 amide bonds. The molecule has 2 atom stereocenters. The molecule has 1 aliphatic rings. The van der Waals surface area contributed by atoms with Crippen LogP contribution in [0.2, 0.25) is 5.02 Å². The number of aliphatic hydroxyl groups excluding tert-OH is 1. The van der Waals surface area contributed by atoms with Gasteiger partial charge >= 0.3 is 0 Å². The highest BCUT2D eigenvalue weighted by molar-refractivity contribution is 6.31. The lowest BCUT2D eigenvalue weighted by atomic mass is 10.0. The summed E-state index contributed by atoms with van der Waals surface area (Å²) < 4.78 is 0. The summed E-state index contributed by atoms with van der Waals surface area (Å²) in [5, 5.41) is 21.4. The highest BCUT2D eigenvalue weighted by atomic mass is 35.5. The third-order valence-electron chi connectivity index (χ3n) is 4.94. The molecule has 0 spiro atoms. The summed E-state index contributed by atoms with van der Waals surface area (Å²) in [4.78, 5) is 29.9. The highest BCUT2D eigenvalue weighted by Gasteiger charge is 2.39. The molecule has 0 saturated carbocycles. The van der Waals surface area contributed by atoms with Crippen LogP contribution in [0.4, 0.5) is 0 Å². The van der Waals surface area contributed by atoms with E-state index in [-0.39, 0.29) is 18.8 Å². The van der Waals surface area contributed by atoms with Crippen LogP contribution >= 0.6 is 11.6 Å². The number of halogens is 1. The minimum Gasteiger partial charge on any atom is -0.383 e. The number of nitrogens with zero attached hydrogens (tertiary/aromatic N) is 1. The fourth-order valence-corrected chi connectivity index (χ4v) is 3.51. The molecule has 148 valence electrons. The van der Waals surface area contributed by atoms with Gasteiger partial charge in [-0.3, -0.25) is 19.9 Å². The van der Waals surface area contributed by atoms with Gasteiger partial charge in [-0.2, -0.15) is 0 Å². The summed E-state index contributed by atoms with van der Waals surface area (Å²) in [6, 6.07) is 15.4. The third kappa shape index (κ3) is 3.87. The Hall–Kier alpha value is -3.16. The standard InChI is InChI=1S/C21H19ClN4O3/c22-14-6-7-15-13(9-14)10-16(24-15)20(28)25-17(8-12-4-2-1-3-5-12)21(29)26-11-18(27)19(26)23/h1-7,9-10,17-18,23-24,27H,8,11H2,(H,25,28)/t17-,18?/m0/s1. The topological polar surface area (TPSA) is 109 Å². The van der Waals surface area contributed by atoms with E-state index in [2.05, 4.69) is 10.3 Å². The molecule has 1 aromatic heterocycles. The van der Waals surface area contributed by atoms with E-state index in [0.717, 1.165) is 16.5 Å². The Morgan fingerprint density at radius 1 is 1.24 bits per heavy atom. The Balaban J connectivity index is 1.57. The fourth-order valence-electron chi connectivity index (χ4n) is 3.33. The van der Waals surface area contributed by atoms with Crippen molar-refractivity contribution in [3.8, 4) is 0 Å². The number of hydrogen-bond acceptors (Lipinski definition) is 4. The summed E-state index contributed by atoms with van der Waals surface area (Å²) in [6.45, 7) is 0.0592. The predicted octanol–water partition coefficient (Wildman–Crippen LogP) is 2.34. The van der Waals surface area contributed by atoms with E-state index < -0.39 is 24.0 Å². The van der Waals surface area contributed by atoms with Gasteiger partial charge in [-0.1, -0.05) is 41.9 Å². The van der Waals surface area contributed by atoms with Gasteiger partial charge in [0, 0.05) is 22.3 Å². The van der Waals surface area contributed by atoms with E-state index in [1.807, 2.05) is 30.3 Å². The molecule has 7 nitrogen and oxygen atoms in total. The second-order valence-corrected chi connectivity index (χ2v) is 7.42. The second-order valence-electron chi connectivity index (χ2n) is 6.98. The van der Waals surface area contributed by atoms with Crippen molar-refractivity contribution in [2.24, 2.45) is 0 Å². The molecule has 2 heterocycles. The minimum atomic E-state index is -0.939. The van der Waals surface area contributed by atoms with E-state index in [0.29, 0.717) is 10.7 Å². The average Bonchev–Trinajstić information content (AvgIpc) is 3.14. The second kappa shape index (κ2) is 7.69. The molecule has 8 heteroatoms. The van der Waals surface area contributed by atoms with E-state index >= 15 is 0 Å². The smallest absolute Gasteiger partial charge is 0.268 e. The van der Waals surface area contributed by atoms with Crippen molar-refractivity contribution >= 4 is 40.2 Å². The zero-order valence-corrected chi connectivity index (χ0v) is 16.1. The number of benzene rings is 2. The SMILES string of the molecule is N=C1C(O)CN1C(=O)[C@H](Cc1ccccc1)NC(=O)c1cc2cc(Cl)ccc2[nH]1. The molecule has 1 aliphatic heterocycles. The molecule has 4 N–H and O–H groups in total. The van der Waals surface area contributed by atoms with Gasteiger partial charge in [-0.25, -0.2) is 0 Å². The number of amides is 2. The molecule has 29 heavy (non-hydrogen) atoms. The number of amidine groups is 1. The Morgan fingerprint density at radius 3 is 2.69 bits per heavy atom. The van der Waals surface area contributed by atoms with Crippen molar-refractivity contribution < 1.29 is 14.7 Å². The number of carbonyl (C=O) groups is 2. The maximum Gasteiger partial charge on any atom is 0.268 e. The largest absolute Gasteiger partial charge is 0.383 e. The fraction of sp³-hybridized carbons (Fsp3) is 0.190. The molecule has 2 aromatic carbocycles. The molecule has 1 unspecified atom stereocenters. The number of aromatic nitrogens is 1. The maximum absolute atomic E-state index is 12.9. The summed E-state index contributed by atoms with van der Waals surface area (Å²) in [6.07, 6.45) is -0.664. The van der Waals surface area contributed by atoms with Crippen molar-refractivity contribution in [3.05, 3.63) is 70.9 Å². The Morgan fingerprint density at radius 2 is 2.00 bits per heavy atom. The number of likely N-dealkylation sites (tertiary alicyclic amines) is 1. The monoisotopic (exact) mass is 410 g/mol. The average molecular weight is 411 g/mol. The van der Waals surface area contributed by atoms with Crippen molar-refractivity contribution in [1.82, 2.24) is 15.2 Å². The lowest BCUT2D eigenvalue weighted by Crippen LogP contribution is -2.63. The Bertz CT molecular complexity index is 1100. The first-order valence-corrected chi connectivity index (χ1v) is 9.51. The number of β-amino-alcohol motifs (C(OH)–C–C–N with tert-alkyl or cyclic N) is 1. The van der Waals surface area contributed by atoms with Crippen molar-refractivity contribution in [3.63, 3.8) is 0 Å². The lowest BCUT2D eigenvalue weighted by molar-refractivity contribution is -0.132. The molecular weight excluding hydrogens is 392 g/mol. The number of carbonyl (C=O) groups excluding carboxylic acids is 2. The van der Waals surface area contributed by atoms with Crippen LogP contribution in [0.5, 0.6) is 0 Å². The van der Waals surface area contributed by atoms with Crippen LogP contribution in [0, 0.1) is 5.41 Å². The summed E-state index contributed by atoms with van der Waals surface area (Å²) in [5.74, 6) is -1.00. The number of hydrogen-bond donors (Lipinski definition) is 4. The van der Waals surface area contributed by atoms with E-state index in [1.54, 1.807) is 24.3 Å². The van der Waals surface area contributed by atoms with E-state index in [9.17, 15) is 14.7 Å². The molecule has 0 radical (unpaired) electrons. The van der Waals surface area contributed by atoms with Crippen molar-refractivity contribution in [2.45, 2.75) is 18.6 Å². The molecular formula is C21H19ClN4O3. The number of fused-ring (bicyclic) bond motifs is 1. The molecule has 0 aliphatic carbocycles. The van der Waals surface area contributed by atoms with Crippen molar-refractivity contribution in [2.75, 3.05) is 6.54 Å². The Kier molecular flexibility index (Phi) is 5.08. The third-order valence-corrected chi connectivity index (χ3v) is 5.18. The zero-order valence-electron chi connectivity index (χ0n) is 15.4. The van der Waals surface area contributed by atoms with Crippen LogP contribution < -0.4 is 5.32 Å². The van der Waals surface area contributed by atoms with E-state index in [4.69, 9.17) is 17.0 Å². The quantitative estimate of drug-likeness (QED) is 0.518. The first kappa shape index (κ1) is 19.2. The van der Waals surface area contributed by atoms with Gasteiger partial charge < -0.3 is 15.4 Å². The van der Waals surface area contributed by atoms with Gasteiger partial charge in [-0.05, 0) is 29.8 Å². The van der Waals surface area contributed by atoms with Crippen LogP contribution in [0.1, 0.15) is 16.1 Å². The normalized spacial score (nSPS) is 17.1. The summed E-state index contributed by atoms with van der Waals surface area (Å²) in [5.41, 5.74) is 1.95. The molecule has 4 rings (SSSR count). The van der Waals surface area contributed by atoms with Gasteiger partial charge in [0.15, 0.2) is 0 Å². The first-order valence-electron chi connectivity index (χ1n) is 9.13. The maximum atomic E-state index is 12.9. The van der Waals surface area contributed by atoms with Crippen LogP contribution in [-0.2, 0) is 11.2 Å². The highest BCUT2D eigenvalue weighted by Crippen LogP contribution is 2.20. The van der Waals surface area contributed by atoms with Crippen LogP contribution in [0.25, 0.3) is 10.9 Å². The molecule has 1 saturated heterocycles. The predicted molar refractivity (Wildman–Crippen MR) is 110 cm³/mol. The summed E-state index contributed by atoms with van der Waals surface area (Å²) >= 11 is 6.00. The zero-order chi connectivity index (χ0) is 20.5. The van der Waals surface area contributed by atoms with Gasteiger partial charge in [0.2, 0.25) is 0 Å². The Labute approximate surface area is 171 Å². The van der Waals surface area contributed by atoms with E-state index in [1.165, 1.54) is 4.90 Å². The number of rotatable bonds is 5. The van der Waals surface area contributed by atoms with Crippen LogP contribution in [0.3, 0.4) is 0 Å². The molecule has 0 bridgehead atoms. The van der Waals surface area contributed by atoms with Gasteiger partial charge in [0.05, 0.1) is 6.54 Å².